The van der Waals surface area contributed by atoms with E-state index in [1.54, 1.807) is 0 Å². The maximum absolute atomic E-state index is 5.76. The zero-order chi connectivity index (χ0) is 11.3. The number of hydrogen-bond donors (Lipinski definition) is 2. The van der Waals surface area contributed by atoms with Gasteiger partial charge in [0.25, 0.3) is 0 Å². The Bertz CT molecular complexity index is 295. The van der Waals surface area contributed by atoms with Crippen LogP contribution in [-0.4, -0.2) is 5.54 Å². The highest BCUT2D eigenvalue weighted by Gasteiger charge is 2.22. The summed E-state index contributed by atoms with van der Waals surface area (Å²) in [7, 11) is 0. The fourth-order valence-corrected chi connectivity index (χ4v) is 1.94. The van der Waals surface area contributed by atoms with Crippen LogP contribution in [-0.2, 0) is 0 Å². The first-order valence-electron chi connectivity index (χ1n) is 5.79. The third kappa shape index (κ3) is 2.88. The van der Waals surface area contributed by atoms with E-state index in [0.717, 1.165) is 30.6 Å². The molecule has 0 spiro atoms. The van der Waals surface area contributed by atoms with Gasteiger partial charge in [-0.3, -0.25) is 0 Å². The minimum absolute atomic E-state index is 0.216. The van der Waals surface area contributed by atoms with Gasteiger partial charge in [-0.1, -0.05) is 26.8 Å². The lowest BCUT2D eigenvalue weighted by atomic mass is 9.89. The van der Waals surface area contributed by atoms with Crippen LogP contribution in [0.25, 0.3) is 0 Å². The van der Waals surface area contributed by atoms with Crippen molar-refractivity contribution in [3.05, 3.63) is 24.3 Å². The Morgan fingerprint density at radius 2 is 1.73 bits per heavy atom. The van der Waals surface area contributed by atoms with Crippen LogP contribution in [0.1, 0.15) is 40.0 Å². The molecule has 0 bridgehead atoms. The molecule has 1 aromatic rings. The Labute approximate surface area is 92.9 Å². The fourth-order valence-electron chi connectivity index (χ4n) is 1.94. The fraction of sp³-hybridized carbons (Fsp3) is 0.538. The minimum Gasteiger partial charge on any atom is -0.399 e. The Hall–Kier alpha value is -1.18. The molecule has 0 atom stereocenters. The second-order valence-electron chi connectivity index (χ2n) is 4.09. The molecule has 84 valence electrons. The molecule has 0 heterocycles. The molecule has 3 N–H and O–H groups in total. The Morgan fingerprint density at radius 3 is 2.20 bits per heavy atom. The van der Waals surface area contributed by atoms with Crippen LogP contribution in [0.15, 0.2) is 24.3 Å². The van der Waals surface area contributed by atoms with Crippen LogP contribution in [0.2, 0.25) is 0 Å². The van der Waals surface area contributed by atoms with Crippen molar-refractivity contribution in [3.63, 3.8) is 0 Å². The maximum Gasteiger partial charge on any atom is 0.0366 e. The molecular weight excluding hydrogens is 184 g/mol. The summed E-state index contributed by atoms with van der Waals surface area (Å²) in [5, 5.41) is 3.60. The Kier molecular flexibility index (Phi) is 4.01. The van der Waals surface area contributed by atoms with Crippen LogP contribution in [0.3, 0.4) is 0 Å². The molecule has 1 rings (SSSR count). The standard InChI is InChI=1S/C13H22N2/c1-4-13(5-2,6-3)15-12-9-7-8-11(14)10-12/h7-10,15H,4-6,14H2,1-3H3. The molecule has 2 heteroatoms. The van der Waals surface area contributed by atoms with Crippen LogP contribution in [0.4, 0.5) is 11.4 Å². The van der Waals surface area contributed by atoms with Gasteiger partial charge < -0.3 is 11.1 Å². The lowest BCUT2D eigenvalue weighted by Crippen LogP contribution is -2.36. The molecule has 0 aliphatic carbocycles. The molecule has 0 saturated carbocycles. The number of anilines is 2. The average molecular weight is 206 g/mol. The molecule has 0 radical (unpaired) electrons. The molecule has 0 aromatic heterocycles. The van der Waals surface area contributed by atoms with Crippen molar-refractivity contribution in [3.8, 4) is 0 Å². The second-order valence-corrected chi connectivity index (χ2v) is 4.09. The van der Waals surface area contributed by atoms with E-state index in [1.807, 2.05) is 18.2 Å². The predicted molar refractivity (Wildman–Crippen MR) is 68.1 cm³/mol. The van der Waals surface area contributed by atoms with Gasteiger partial charge in [0.1, 0.15) is 0 Å². The molecule has 0 fully saturated rings. The molecule has 0 aliphatic rings. The van der Waals surface area contributed by atoms with Crippen LogP contribution >= 0.6 is 0 Å². The zero-order valence-electron chi connectivity index (χ0n) is 10.0. The van der Waals surface area contributed by atoms with E-state index in [2.05, 4.69) is 32.2 Å². The SMILES string of the molecule is CCC(CC)(CC)Nc1cccc(N)c1. The summed E-state index contributed by atoms with van der Waals surface area (Å²) in [6.07, 6.45) is 3.40. The first kappa shape index (κ1) is 11.9. The van der Waals surface area contributed by atoms with Crippen molar-refractivity contribution in [2.24, 2.45) is 0 Å². The summed E-state index contributed by atoms with van der Waals surface area (Å²) in [5.41, 5.74) is 7.92. The van der Waals surface area contributed by atoms with E-state index in [9.17, 15) is 0 Å². The zero-order valence-corrected chi connectivity index (χ0v) is 10.0. The van der Waals surface area contributed by atoms with Crippen molar-refractivity contribution < 1.29 is 0 Å². The van der Waals surface area contributed by atoms with Gasteiger partial charge in [-0.2, -0.15) is 0 Å². The number of hydrogen-bond acceptors (Lipinski definition) is 2. The minimum atomic E-state index is 0.216. The highest BCUT2D eigenvalue weighted by Crippen LogP contribution is 2.26. The highest BCUT2D eigenvalue weighted by molar-refractivity contribution is 5.55. The van der Waals surface area contributed by atoms with Crippen molar-refractivity contribution >= 4 is 11.4 Å². The molecule has 0 amide bonds. The number of rotatable bonds is 5. The van der Waals surface area contributed by atoms with E-state index in [4.69, 9.17) is 5.73 Å². The summed E-state index contributed by atoms with van der Waals surface area (Å²) in [4.78, 5) is 0. The molecular formula is C13H22N2. The summed E-state index contributed by atoms with van der Waals surface area (Å²) >= 11 is 0. The lowest BCUT2D eigenvalue weighted by Gasteiger charge is -2.33. The van der Waals surface area contributed by atoms with E-state index in [0.29, 0.717) is 0 Å². The summed E-state index contributed by atoms with van der Waals surface area (Å²) in [6.45, 7) is 6.69. The third-order valence-electron chi connectivity index (χ3n) is 3.33. The predicted octanol–water partition coefficient (Wildman–Crippen LogP) is 3.65. The third-order valence-corrected chi connectivity index (χ3v) is 3.33. The van der Waals surface area contributed by atoms with E-state index >= 15 is 0 Å². The van der Waals surface area contributed by atoms with Gasteiger partial charge in [0.2, 0.25) is 0 Å². The average Bonchev–Trinajstić information content (AvgIpc) is 2.26. The molecule has 0 aliphatic heterocycles. The number of nitrogens with two attached hydrogens (primary N) is 1. The summed E-state index contributed by atoms with van der Waals surface area (Å²) in [5.74, 6) is 0. The quantitative estimate of drug-likeness (QED) is 0.722. The van der Waals surface area contributed by atoms with Gasteiger partial charge in [-0.25, -0.2) is 0 Å². The Morgan fingerprint density at radius 1 is 1.13 bits per heavy atom. The smallest absolute Gasteiger partial charge is 0.0366 e. The second kappa shape index (κ2) is 5.06. The van der Waals surface area contributed by atoms with E-state index < -0.39 is 0 Å². The number of nitrogens with one attached hydrogen (secondary N) is 1. The largest absolute Gasteiger partial charge is 0.399 e. The van der Waals surface area contributed by atoms with Gasteiger partial charge in [0.15, 0.2) is 0 Å². The first-order valence-corrected chi connectivity index (χ1v) is 5.79. The normalized spacial score (nSPS) is 11.4. The molecule has 15 heavy (non-hydrogen) atoms. The summed E-state index contributed by atoms with van der Waals surface area (Å²) in [6, 6.07) is 7.97. The highest BCUT2D eigenvalue weighted by atomic mass is 15.0. The van der Waals surface area contributed by atoms with Crippen molar-refractivity contribution in [1.29, 1.82) is 0 Å². The van der Waals surface area contributed by atoms with Crippen LogP contribution in [0, 0.1) is 0 Å². The lowest BCUT2D eigenvalue weighted by molar-refractivity contribution is 0.420. The topological polar surface area (TPSA) is 38.0 Å². The molecule has 2 nitrogen and oxygen atoms in total. The Balaban J connectivity index is 2.82. The van der Waals surface area contributed by atoms with Gasteiger partial charge in [-0.05, 0) is 37.5 Å². The van der Waals surface area contributed by atoms with Crippen LogP contribution < -0.4 is 11.1 Å². The van der Waals surface area contributed by atoms with Gasteiger partial charge in [-0.15, -0.1) is 0 Å². The van der Waals surface area contributed by atoms with E-state index in [-0.39, 0.29) is 5.54 Å². The number of benzene rings is 1. The number of nitrogen functional groups attached to an aromatic ring is 1. The van der Waals surface area contributed by atoms with Crippen molar-refractivity contribution in [2.75, 3.05) is 11.1 Å². The monoisotopic (exact) mass is 206 g/mol. The van der Waals surface area contributed by atoms with Crippen molar-refractivity contribution in [2.45, 2.75) is 45.6 Å². The van der Waals surface area contributed by atoms with E-state index in [1.165, 1.54) is 0 Å². The molecule has 0 saturated heterocycles. The van der Waals surface area contributed by atoms with Gasteiger partial charge >= 0.3 is 0 Å². The van der Waals surface area contributed by atoms with Gasteiger partial charge in [0, 0.05) is 16.9 Å². The van der Waals surface area contributed by atoms with Gasteiger partial charge in [0.05, 0.1) is 0 Å². The van der Waals surface area contributed by atoms with Crippen molar-refractivity contribution in [1.82, 2.24) is 0 Å². The molecule has 0 unspecified atom stereocenters. The first-order chi connectivity index (χ1) is 7.15. The maximum atomic E-state index is 5.76. The van der Waals surface area contributed by atoms with Crippen LogP contribution in [0.5, 0.6) is 0 Å². The molecule has 1 aromatic carbocycles. The summed E-state index contributed by atoms with van der Waals surface area (Å²) < 4.78 is 0.